The monoisotopic (exact) mass is 315 g/mol. The SMILES string of the molecule is Cc1cccc(CNc2nccc(-n3cnc4ccccc43)n2)c1. The minimum absolute atomic E-state index is 0.604. The van der Waals surface area contributed by atoms with E-state index in [1.807, 2.05) is 34.9 Å². The quantitative estimate of drug-likeness (QED) is 0.623. The van der Waals surface area contributed by atoms with Crippen molar-refractivity contribution in [1.82, 2.24) is 19.5 Å². The van der Waals surface area contributed by atoms with Crippen molar-refractivity contribution in [3.8, 4) is 5.82 Å². The van der Waals surface area contributed by atoms with Crippen LogP contribution in [-0.2, 0) is 6.54 Å². The number of nitrogens with one attached hydrogen (secondary N) is 1. The Labute approximate surface area is 140 Å². The van der Waals surface area contributed by atoms with E-state index in [-0.39, 0.29) is 0 Å². The summed E-state index contributed by atoms with van der Waals surface area (Å²) in [6.45, 7) is 2.78. The van der Waals surface area contributed by atoms with Crippen LogP contribution in [0.15, 0.2) is 67.1 Å². The number of rotatable bonds is 4. The number of aryl methyl sites for hydroxylation is 1. The summed E-state index contributed by atoms with van der Waals surface area (Å²) >= 11 is 0. The van der Waals surface area contributed by atoms with Gasteiger partial charge in [-0.1, -0.05) is 42.0 Å². The average molecular weight is 315 g/mol. The molecule has 1 N–H and O–H groups in total. The molecule has 2 aromatic carbocycles. The first kappa shape index (κ1) is 14.4. The molecule has 0 unspecified atom stereocenters. The maximum absolute atomic E-state index is 4.60. The molecule has 0 aliphatic carbocycles. The number of hydrogen-bond acceptors (Lipinski definition) is 4. The Morgan fingerprint density at radius 1 is 1.00 bits per heavy atom. The van der Waals surface area contributed by atoms with Crippen LogP contribution >= 0.6 is 0 Å². The number of aromatic nitrogens is 4. The van der Waals surface area contributed by atoms with Gasteiger partial charge in [0, 0.05) is 12.7 Å². The molecule has 4 rings (SSSR count). The maximum atomic E-state index is 4.60. The Kier molecular flexibility index (Phi) is 3.67. The standard InChI is InChI=1S/C19H17N5/c1-14-5-4-6-15(11-14)12-21-19-20-10-9-18(23-19)24-13-22-16-7-2-3-8-17(16)24/h2-11,13H,12H2,1H3,(H,20,21,23). The van der Waals surface area contributed by atoms with E-state index >= 15 is 0 Å². The van der Waals surface area contributed by atoms with Gasteiger partial charge in [0.2, 0.25) is 5.95 Å². The Hall–Kier alpha value is -3.21. The molecule has 2 heterocycles. The number of para-hydroxylation sites is 2. The summed E-state index contributed by atoms with van der Waals surface area (Å²) in [6.07, 6.45) is 3.55. The van der Waals surface area contributed by atoms with E-state index in [4.69, 9.17) is 0 Å². The highest BCUT2D eigenvalue weighted by molar-refractivity contribution is 5.76. The number of imidazole rings is 1. The number of anilines is 1. The normalized spacial score (nSPS) is 10.9. The molecule has 0 saturated carbocycles. The van der Waals surface area contributed by atoms with Gasteiger partial charge in [0.25, 0.3) is 0 Å². The van der Waals surface area contributed by atoms with Crippen molar-refractivity contribution in [3.05, 3.63) is 78.2 Å². The molecule has 0 aliphatic rings. The lowest BCUT2D eigenvalue weighted by molar-refractivity contribution is 0.976. The van der Waals surface area contributed by atoms with Crippen molar-refractivity contribution in [2.24, 2.45) is 0 Å². The molecule has 24 heavy (non-hydrogen) atoms. The molecule has 0 spiro atoms. The summed E-state index contributed by atoms with van der Waals surface area (Å²) in [5.74, 6) is 1.40. The summed E-state index contributed by atoms with van der Waals surface area (Å²) in [4.78, 5) is 13.3. The second-order valence-corrected chi connectivity index (χ2v) is 5.68. The smallest absolute Gasteiger partial charge is 0.224 e. The second kappa shape index (κ2) is 6.12. The van der Waals surface area contributed by atoms with E-state index in [1.165, 1.54) is 11.1 Å². The fourth-order valence-corrected chi connectivity index (χ4v) is 2.71. The van der Waals surface area contributed by atoms with E-state index in [0.29, 0.717) is 12.5 Å². The predicted octanol–water partition coefficient (Wildman–Crippen LogP) is 3.74. The van der Waals surface area contributed by atoms with Crippen LogP contribution in [0.3, 0.4) is 0 Å². The average Bonchev–Trinajstić information content (AvgIpc) is 3.04. The van der Waals surface area contributed by atoms with Gasteiger partial charge in [0.05, 0.1) is 11.0 Å². The molecule has 0 amide bonds. The molecular weight excluding hydrogens is 298 g/mol. The molecule has 0 atom stereocenters. The van der Waals surface area contributed by atoms with E-state index < -0.39 is 0 Å². The third kappa shape index (κ3) is 2.84. The Bertz CT molecular complexity index is 990. The van der Waals surface area contributed by atoms with Gasteiger partial charge >= 0.3 is 0 Å². The van der Waals surface area contributed by atoms with Gasteiger partial charge in [0.1, 0.15) is 12.1 Å². The lowest BCUT2D eigenvalue weighted by Gasteiger charge is -2.08. The van der Waals surface area contributed by atoms with Crippen LogP contribution < -0.4 is 5.32 Å². The maximum Gasteiger partial charge on any atom is 0.224 e. The minimum atomic E-state index is 0.604. The lowest BCUT2D eigenvalue weighted by Crippen LogP contribution is -2.06. The first-order valence-electron chi connectivity index (χ1n) is 7.84. The number of benzene rings is 2. The number of fused-ring (bicyclic) bond motifs is 1. The van der Waals surface area contributed by atoms with Gasteiger partial charge < -0.3 is 5.32 Å². The van der Waals surface area contributed by atoms with Crippen molar-refractivity contribution in [2.75, 3.05) is 5.32 Å². The zero-order chi connectivity index (χ0) is 16.4. The zero-order valence-corrected chi connectivity index (χ0v) is 13.3. The highest BCUT2D eigenvalue weighted by atomic mass is 15.2. The summed E-state index contributed by atoms with van der Waals surface area (Å²) in [7, 11) is 0. The Balaban J connectivity index is 1.60. The molecule has 118 valence electrons. The zero-order valence-electron chi connectivity index (χ0n) is 13.3. The molecule has 0 saturated heterocycles. The summed E-state index contributed by atoms with van der Waals surface area (Å²) in [5, 5.41) is 3.28. The van der Waals surface area contributed by atoms with Crippen LogP contribution in [0.4, 0.5) is 5.95 Å². The van der Waals surface area contributed by atoms with Crippen LogP contribution in [0.5, 0.6) is 0 Å². The van der Waals surface area contributed by atoms with Crippen molar-refractivity contribution < 1.29 is 0 Å². The Morgan fingerprint density at radius 3 is 2.83 bits per heavy atom. The molecule has 5 heteroatoms. The first-order valence-corrected chi connectivity index (χ1v) is 7.84. The van der Waals surface area contributed by atoms with E-state index in [2.05, 4.69) is 51.5 Å². The van der Waals surface area contributed by atoms with Crippen LogP contribution in [0, 0.1) is 6.92 Å². The fraction of sp³-hybridized carbons (Fsp3) is 0.105. The fourth-order valence-electron chi connectivity index (χ4n) is 2.71. The van der Waals surface area contributed by atoms with E-state index in [0.717, 1.165) is 16.9 Å². The molecular formula is C19H17N5. The Morgan fingerprint density at radius 2 is 1.92 bits per heavy atom. The summed E-state index contributed by atoms with van der Waals surface area (Å²) in [5.41, 5.74) is 4.43. The van der Waals surface area contributed by atoms with Gasteiger partial charge in [-0.3, -0.25) is 4.57 Å². The van der Waals surface area contributed by atoms with Crippen LogP contribution in [0.1, 0.15) is 11.1 Å². The van der Waals surface area contributed by atoms with E-state index in [9.17, 15) is 0 Å². The van der Waals surface area contributed by atoms with Gasteiger partial charge in [-0.05, 0) is 30.7 Å². The molecule has 2 aromatic heterocycles. The molecule has 4 aromatic rings. The highest BCUT2D eigenvalue weighted by Gasteiger charge is 2.06. The van der Waals surface area contributed by atoms with Crippen LogP contribution in [0.2, 0.25) is 0 Å². The second-order valence-electron chi connectivity index (χ2n) is 5.68. The summed E-state index contributed by atoms with van der Waals surface area (Å²) < 4.78 is 1.97. The molecule has 0 radical (unpaired) electrons. The number of hydrogen-bond donors (Lipinski definition) is 1. The van der Waals surface area contributed by atoms with Gasteiger partial charge in [0.15, 0.2) is 0 Å². The summed E-state index contributed by atoms with van der Waals surface area (Å²) in [6, 6.07) is 18.3. The first-order chi connectivity index (χ1) is 11.8. The van der Waals surface area contributed by atoms with Gasteiger partial charge in [-0.15, -0.1) is 0 Å². The molecule has 5 nitrogen and oxygen atoms in total. The topological polar surface area (TPSA) is 55.6 Å². The van der Waals surface area contributed by atoms with Gasteiger partial charge in [-0.25, -0.2) is 9.97 Å². The van der Waals surface area contributed by atoms with Crippen molar-refractivity contribution in [3.63, 3.8) is 0 Å². The largest absolute Gasteiger partial charge is 0.350 e. The number of nitrogens with zero attached hydrogens (tertiary/aromatic N) is 4. The van der Waals surface area contributed by atoms with Gasteiger partial charge in [-0.2, -0.15) is 4.98 Å². The third-order valence-electron chi connectivity index (χ3n) is 3.87. The minimum Gasteiger partial charge on any atom is -0.350 e. The van der Waals surface area contributed by atoms with Crippen LogP contribution in [0.25, 0.3) is 16.9 Å². The van der Waals surface area contributed by atoms with E-state index in [1.54, 1.807) is 12.5 Å². The van der Waals surface area contributed by atoms with Crippen LogP contribution in [-0.4, -0.2) is 19.5 Å². The third-order valence-corrected chi connectivity index (χ3v) is 3.87. The predicted molar refractivity (Wildman–Crippen MR) is 95.2 cm³/mol. The highest BCUT2D eigenvalue weighted by Crippen LogP contribution is 2.17. The molecule has 0 fully saturated rings. The molecule has 0 aliphatic heterocycles. The lowest BCUT2D eigenvalue weighted by atomic mass is 10.1. The van der Waals surface area contributed by atoms with Crippen molar-refractivity contribution in [2.45, 2.75) is 13.5 Å². The van der Waals surface area contributed by atoms with Crippen molar-refractivity contribution in [1.29, 1.82) is 0 Å². The van der Waals surface area contributed by atoms with Crippen molar-refractivity contribution >= 4 is 17.0 Å². The molecule has 0 bridgehead atoms.